The molecule has 0 aliphatic heterocycles. The summed E-state index contributed by atoms with van der Waals surface area (Å²) in [6, 6.07) is 0. The Balaban J connectivity index is 4.32. The zero-order valence-electron chi connectivity index (χ0n) is 31.7. The molecule has 0 saturated carbocycles. The number of carbonyl (C=O) groups excluding carboxylic acids is 3. The van der Waals surface area contributed by atoms with Crippen molar-refractivity contribution in [2.24, 2.45) is 5.92 Å². The Kier molecular flexibility index (Phi) is 34.5. The Hall–Kier alpha value is -1.59. The molecule has 0 spiro atoms. The standard InChI is InChI=1S/C41H78O6/c1-5-8-10-12-14-15-16-17-18-20-25-29-33-40(43)46-36-38(35-45-39(42)32-28-24-19-13-11-9-6-2)47-41(44)34-30-26-22-21-23-27-31-37(4)7-3/h37-38H,5-36H2,1-4H3/t37?,38-/m0/s1. The first-order valence-corrected chi connectivity index (χ1v) is 20.4. The zero-order valence-corrected chi connectivity index (χ0v) is 31.7. The van der Waals surface area contributed by atoms with Gasteiger partial charge in [-0.1, -0.05) is 182 Å². The minimum absolute atomic E-state index is 0.0658. The van der Waals surface area contributed by atoms with Gasteiger partial charge in [-0.05, 0) is 25.2 Å². The predicted octanol–water partition coefficient (Wildman–Crippen LogP) is 12.4. The molecule has 0 amide bonds. The summed E-state index contributed by atoms with van der Waals surface area (Å²) >= 11 is 0. The van der Waals surface area contributed by atoms with E-state index < -0.39 is 6.10 Å². The van der Waals surface area contributed by atoms with Gasteiger partial charge in [-0.2, -0.15) is 0 Å². The first kappa shape index (κ1) is 45.4. The lowest BCUT2D eigenvalue weighted by Gasteiger charge is -2.18. The molecule has 2 atom stereocenters. The number of unbranched alkanes of at least 4 members (excludes halogenated alkanes) is 22. The van der Waals surface area contributed by atoms with Crippen LogP contribution in [0.5, 0.6) is 0 Å². The van der Waals surface area contributed by atoms with Crippen molar-refractivity contribution in [2.45, 2.75) is 226 Å². The van der Waals surface area contributed by atoms with Crippen LogP contribution in [0, 0.1) is 5.92 Å². The van der Waals surface area contributed by atoms with Crippen molar-refractivity contribution in [1.82, 2.24) is 0 Å². The lowest BCUT2D eigenvalue weighted by molar-refractivity contribution is -0.167. The molecule has 0 heterocycles. The van der Waals surface area contributed by atoms with E-state index in [9.17, 15) is 14.4 Å². The minimum Gasteiger partial charge on any atom is -0.462 e. The van der Waals surface area contributed by atoms with E-state index in [-0.39, 0.29) is 31.1 Å². The summed E-state index contributed by atoms with van der Waals surface area (Å²) in [5.41, 5.74) is 0. The highest BCUT2D eigenvalue weighted by Crippen LogP contribution is 2.16. The molecule has 0 aromatic rings. The highest BCUT2D eigenvalue weighted by molar-refractivity contribution is 5.71. The first-order valence-electron chi connectivity index (χ1n) is 20.4. The number of hydrogen-bond donors (Lipinski definition) is 0. The Bertz CT molecular complexity index is 708. The van der Waals surface area contributed by atoms with Crippen LogP contribution in [0.2, 0.25) is 0 Å². The van der Waals surface area contributed by atoms with Gasteiger partial charge in [-0.25, -0.2) is 0 Å². The SMILES string of the molecule is CCCCCCCCCCCCCCC(=O)OC[C@H](COC(=O)CCCCCCCCC)OC(=O)CCCCCCCCC(C)CC. The molecule has 0 radical (unpaired) electrons. The third-order valence-electron chi connectivity index (χ3n) is 9.40. The molecular weight excluding hydrogens is 588 g/mol. The quantitative estimate of drug-likeness (QED) is 0.0376. The molecule has 0 aliphatic carbocycles. The maximum absolute atomic E-state index is 12.6. The molecule has 0 fully saturated rings. The Morgan fingerprint density at radius 3 is 1.11 bits per heavy atom. The molecule has 0 N–H and O–H groups in total. The molecule has 6 heteroatoms. The fourth-order valence-corrected chi connectivity index (χ4v) is 5.89. The normalized spacial score (nSPS) is 12.5. The maximum Gasteiger partial charge on any atom is 0.306 e. The predicted molar refractivity (Wildman–Crippen MR) is 196 cm³/mol. The van der Waals surface area contributed by atoms with Gasteiger partial charge in [0.2, 0.25) is 0 Å². The van der Waals surface area contributed by atoms with E-state index in [4.69, 9.17) is 14.2 Å². The van der Waals surface area contributed by atoms with Crippen LogP contribution in [-0.4, -0.2) is 37.2 Å². The van der Waals surface area contributed by atoms with Gasteiger partial charge in [-0.3, -0.25) is 14.4 Å². The van der Waals surface area contributed by atoms with Crippen molar-refractivity contribution in [3.05, 3.63) is 0 Å². The number of carbonyl (C=O) groups is 3. The third kappa shape index (κ3) is 34.1. The summed E-state index contributed by atoms with van der Waals surface area (Å²) in [6.07, 6.45) is 32.4. The smallest absolute Gasteiger partial charge is 0.306 e. The van der Waals surface area contributed by atoms with Gasteiger partial charge in [0, 0.05) is 19.3 Å². The molecule has 47 heavy (non-hydrogen) atoms. The third-order valence-corrected chi connectivity index (χ3v) is 9.40. The van der Waals surface area contributed by atoms with Crippen LogP contribution in [0.3, 0.4) is 0 Å². The Morgan fingerprint density at radius 1 is 0.426 bits per heavy atom. The van der Waals surface area contributed by atoms with E-state index in [2.05, 4.69) is 27.7 Å². The molecule has 0 aromatic carbocycles. The summed E-state index contributed by atoms with van der Waals surface area (Å²) < 4.78 is 16.6. The summed E-state index contributed by atoms with van der Waals surface area (Å²) in [6.45, 7) is 8.90. The average Bonchev–Trinajstić information content (AvgIpc) is 3.07. The fraction of sp³-hybridized carbons (Fsp3) is 0.927. The number of hydrogen-bond acceptors (Lipinski definition) is 6. The first-order chi connectivity index (χ1) is 22.9. The fourth-order valence-electron chi connectivity index (χ4n) is 5.89. The van der Waals surface area contributed by atoms with E-state index in [1.165, 1.54) is 116 Å². The summed E-state index contributed by atoms with van der Waals surface area (Å²) in [5, 5.41) is 0. The molecule has 278 valence electrons. The Labute approximate surface area is 291 Å². The van der Waals surface area contributed by atoms with Crippen LogP contribution in [-0.2, 0) is 28.6 Å². The van der Waals surface area contributed by atoms with Gasteiger partial charge in [0.1, 0.15) is 13.2 Å². The van der Waals surface area contributed by atoms with Crippen LogP contribution in [0.15, 0.2) is 0 Å². The molecular formula is C41H78O6. The van der Waals surface area contributed by atoms with Crippen molar-refractivity contribution in [1.29, 1.82) is 0 Å². The van der Waals surface area contributed by atoms with Gasteiger partial charge >= 0.3 is 17.9 Å². The maximum atomic E-state index is 12.6. The highest BCUT2D eigenvalue weighted by atomic mass is 16.6. The second-order valence-electron chi connectivity index (χ2n) is 14.2. The number of rotatable bonds is 36. The van der Waals surface area contributed by atoms with Crippen LogP contribution >= 0.6 is 0 Å². The van der Waals surface area contributed by atoms with Gasteiger partial charge in [0.15, 0.2) is 6.10 Å². The summed E-state index contributed by atoms with van der Waals surface area (Å²) in [4.78, 5) is 37.4. The van der Waals surface area contributed by atoms with E-state index in [1.54, 1.807) is 0 Å². The van der Waals surface area contributed by atoms with Crippen molar-refractivity contribution >= 4 is 17.9 Å². The van der Waals surface area contributed by atoms with Gasteiger partial charge < -0.3 is 14.2 Å². The van der Waals surface area contributed by atoms with Gasteiger partial charge in [0.25, 0.3) is 0 Å². The molecule has 0 bridgehead atoms. The average molecular weight is 667 g/mol. The lowest BCUT2D eigenvalue weighted by atomic mass is 10.00. The van der Waals surface area contributed by atoms with E-state index in [0.29, 0.717) is 19.3 Å². The monoisotopic (exact) mass is 667 g/mol. The molecule has 0 aliphatic rings. The molecule has 6 nitrogen and oxygen atoms in total. The van der Waals surface area contributed by atoms with Gasteiger partial charge in [0.05, 0.1) is 0 Å². The van der Waals surface area contributed by atoms with Crippen molar-refractivity contribution in [3.63, 3.8) is 0 Å². The van der Waals surface area contributed by atoms with Crippen LogP contribution in [0.4, 0.5) is 0 Å². The largest absolute Gasteiger partial charge is 0.462 e. The van der Waals surface area contributed by atoms with Crippen molar-refractivity contribution < 1.29 is 28.6 Å². The second kappa shape index (κ2) is 35.7. The zero-order chi connectivity index (χ0) is 34.6. The summed E-state index contributed by atoms with van der Waals surface area (Å²) in [7, 11) is 0. The molecule has 0 saturated heterocycles. The molecule has 0 aromatic heterocycles. The number of esters is 3. The summed E-state index contributed by atoms with van der Waals surface area (Å²) in [5.74, 6) is -0.0607. The van der Waals surface area contributed by atoms with Gasteiger partial charge in [-0.15, -0.1) is 0 Å². The molecule has 1 unspecified atom stereocenters. The topological polar surface area (TPSA) is 78.9 Å². The molecule has 0 rings (SSSR count). The van der Waals surface area contributed by atoms with Crippen LogP contribution in [0.1, 0.15) is 220 Å². The van der Waals surface area contributed by atoms with Crippen molar-refractivity contribution in [2.75, 3.05) is 13.2 Å². The lowest BCUT2D eigenvalue weighted by Crippen LogP contribution is -2.30. The second-order valence-corrected chi connectivity index (χ2v) is 14.2. The van der Waals surface area contributed by atoms with Crippen molar-refractivity contribution in [3.8, 4) is 0 Å². The Morgan fingerprint density at radius 2 is 0.745 bits per heavy atom. The van der Waals surface area contributed by atoms with Crippen LogP contribution in [0.25, 0.3) is 0 Å². The van der Waals surface area contributed by atoms with Crippen LogP contribution < -0.4 is 0 Å². The van der Waals surface area contributed by atoms with E-state index >= 15 is 0 Å². The minimum atomic E-state index is -0.757. The number of ether oxygens (including phenoxy) is 3. The van der Waals surface area contributed by atoms with E-state index in [0.717, 1.165) is 63.7 Å². The highest BCUT2D eigenvalue weighted by Gasteiger charge is 2.19. The van der Waals surface area contributed by atoms with E-state index in [1.807, 2.05) is 0 Å².